The number of phenols is 1. The van der Waals surface area contributed by atoms with E-state index in [0.717, 1.165) is 0 Å². The summed E-state index contributed by atoms with van der Waals surface area (Å²) in [6.07, 6.45) is -0.380. The number of hydrogen-bond donors (Lipinski definition) is 2. The van der Waals surface area contributed by atoms with Crippen LogP contribution in [0.3, 0.4) is 0 Å². The first-order valence-corrected chi connectivity index (χ1v) is 10.0. The summed E-state index contributed by atoms with van der Waals surface area (Å²) in [6, 6.07) is 5.87. The number of carbonyl (C=O) groups excluding carboxylic acids is 3. The lowest BCUT2D eigenvalue weighted by molar-refractivity contribution is -0.182. The van der Waals surface area contributed by atoms with E-state index in [1.807, 2.05) is 0 Å². The molecular weight excluding hydrogens is 388 g/mol. The van der Waals surface area contributed by atoms with Crippen molar-refractivity contribution in [3.63, 3.8) is 0 Å². The monoisotopic (exact) mass is 420 g/mol. The first-order valence-electron chi connectivity index (χ1n) is 10.0. The van der Waals surface area contributed by atoms with Gasteiger partial charge in [0.2, 0.25) is 0 Å². The maximum Gasteiger partial charge on any atom is 0.317 e. The van der Waals surface area contributed by atoms with Crippen molar-refractivity contribution in [1.29, 1.82) is 0 Å². The van der Waals surface area contributed by atoms with E-state index in [2.05, 4.69) is 0 Å². The smallest absolute Gasteiger partial charge is 0.317 e. The predicted molar refractivity (Wildman–Crippen MR) is 110 cm³/mol. The molecule has 0 radical (unpaired) electrons. The van der Waals surface area contributed by atoms with Crippen molar-refractivity contribution >= 4 is 17.7 Å². The number of ether oxygens (including phenoxy) is 2. The number of carbonyl (C=O) groups is 3. The molecular formula is C23H32O7. The van der Waals surface area contributed by atoms with E-state index in [1.54, 1.807) is 41.5 Å². The normalized spacial score (nSPS) is 27.5. The molecule has 4 atom stereocenters. The summed E-state index contributed by atoms with van der Waals surface area (Å²) in [4.78, 5) is 39.1. The van der Waals surface area contributed by atoms with Crippen molar-refractivity contribution in [3.05, 3.63) is 29.8 Å². The van der Waals surface area contributed by atoms with Gasteiger partial charge in [0, 0.05) is 12.3 Å². The van der Waals surface area contributed by atoms with Gasteiger partial charge in [-0.15, -0.1) is 0 Å². The van der Waals surface area contributed by atoms with Gasteiger partial charge in [0.25, 0.3) is 0 Å². The summed E-state index contributed by atoms with van der Waals surface area (Å²) in [5.74, 6) is -5.45. The van der Waals surface area contributed by atoms with Crippen LogP contribution in [-0.2, 0) is 23.9 Å². The van der Waals surface area contributed by atoms with Crippen LogP contribution < -0.4 is 0 Å². The molecule has 1 aromatic rings. The van der Waals surface area contributed by atoms with Gasteiger partial charge in [-0.2, -0.15) is 0 Å². The predicted octanol–water partition coefficient (Wildman–Crippen LogP) is 3.12. The number of esters is 2. The summed E-state index contributed by atoms with van der Waals surface area (Å²) in [6.45, 7) is 11.6. The fourth-order valence-electron chi connectivity index (χ4n) is 3.84. The van der Waals surface area contributed by atoms with Crippen molar-refractivity contribution in [3.8, 4) is 5.75 Å². The highest BCUT2D eigenvalue weighted by Gasteiger charge is 2.57. The molecule has 7 heteroatoms. The molecule has 2 rings (SSSR count). The molecule has 0 spiro atoms. The molecule has 2 N–H and O–H groups in total. The van der Waals surface area contributed by atoms with Crippen molar-refractivity contribution in [2.75, 3.05) is 0 Å². The Morgan fingerprint density at radius 2 is 1.43 bits per heavy atom. The van der Waals surface area contributed by atoms with Gasteiger partial charge in [-0.3, -0.25) is 14.4 Å². The molecule has 1 aliphatic carbocycles. The van der Waals surface area contributed by atoms with E-state index in [0.29, 0.717) is 5.56 Å². The molecule has 0 unspecified atom stereocenters. The van der Waals surface area contributed by atoms with Crippen molar-refractivity contribution in [2.45, 2.75) is 77.6 Å². The highest BCUT2D eigenvalue weighted by Crippen LogP contribution is 2.47. The number of aromatic hydroxyl groups is 1. The third-order valence-electron chi connectivity index (χ3n) is 4.87. The highest BCUT2D eigenvalue weighted by molar-refractivity contribution is 6.03. The quantitative estimate of drug-likeness (QED) is 0.571. The Hall–Kier alpha value is -2.41. The molecule has 0 amide bonds. The van der Waals surface area contributed by atoms with Gasteiger partial charge in [-0.1, -0.05) is 12.1 Å². The summed E-state index contributed by atoms with van der Waals surface area (Å²) >= 11 is 0. The van der Waals surface area contributed by atoms with Gasteiger partial charge < -0.3 is 19.7 Å². The van der Waals surface area contributed by atoms with Crippen molar-refractivity contribution in [2.24, 2.45) is 11.8 Å². The lowest BCUT2D eigenvalue weighted by Gasteiger charge is -2.44. The minimum absolute atomic E-state index is 0.00437. The van der Waals surface area contributed by atoms with Crippen LogP contribution >= 0.6 is 0 Å². The maximum atomic E-state index is 13.1. The molecule has 0 saturated heterocycles. The second kappa shape index (κ2) is 8.02. The average Bonchev–Trinajstić information content (AvgIpc) is 2.50. The van der Waals surface area contributed by atoms with Crippen LogP contribution in [0.4, 0.5) is 0 Å². The minimum Gasteiger partial charge on any atom is -0.508 e. The third kappa shape index (κ3) is 5.59. The van der Waals surface area contributed by atoms with Crippen LogP contribution in [-0.4, -0.2) is 44.7 Å². The number of aliphatic hydroxyl groups is 1. The second-order valence-corrected chi connectivity index (χ2v) is 10.1. The Morgan fingerprint density at radius 3 is 1.90 bits per heavy atom. The first-order chi connectivity index (χ1) is 13.5. The Morgan fingerprint density at radius 1 is 0.967 bits per heavy atom. The van der Waals surface area contributed by atoms with Crippen LogP contribution in [0.15, 0.2) is 24.3 Å². The minimum atomic E-state index is -1.72. The zero-order chi connectivity index (χ0) is 23.1. The SMILES string of the molecule is CC(C)(C)OC(=O)[C@H]1C(=O)C[C@](C)(O)[C@H](C(=O)OC(C)(C)C)[C@H]1c1ccc(O)cc1. The van der Waals surface area contributed by atoms with E-state index in [-0.39, 0.29) is 12.2 Å². The summed E-state index contributed by atoms with van der Waals surface area (Å²) in [7, 11) is 0. The Bertz CT molecular complexity index is 809. The highest BCUT2D eigenvalue weighted by atomic mass is 16.6. The fourth-order valence-corrected chi connectivity index (χ4v) is 3.84. The van der Waals surface area contributed by atoms with Gasteiger partial charge >= 0.3 is 11.9 Å². The van der Waals surface area contributed by atoms with E-state index in [1.165, 1.54) is 31.2 Å². The van der Waals surface area contributed by atoms with Crippen molar-refractivity contribution < 1.29 is 34.1 Å². The Labute approximate surface area is 177 Å². The lowest BCUT2D eigenvalue weighted by Crippen LogP contribution is -2.56. The van der Waals surface area contributed by atoms with Crippen LogP contribution in [0.5, 0.6) is 5.75 Å². The zero-order valence-corrected chi connectivity index (χ0v) is 18.7. The molecule has 0 aromatic heterocycles. The first kappa shape index (κ1) is 23.9. The standard InChI is InChI=1S/C23H32O7/c1-21(2,3)29-19(26)17-15(25)12-23(7,28)18(20(27)30-22(4,5)6)16(17)13-8-10-14(24)11-9-13/h8-11,16-18,24,28H,12H2,1-7H3/t16-,17-,18-,23-/m0/s1. The molecule has 0 aliphatic heterocycles. The number of hydrogen-bond acceptors (Lipinski definition) is 7. The molecule has 0 bridgehead atoms. The molecule has 7 nitrogen and oxygen atoms in total. The van der Waals surface area contributed by atoms with Gasteiger partial charge in [-0.25, -0.2) is 0 Å². The largest absolute Gasteiger partial charge is 0.508 e. The number of rotatable bonds is 3. The Kier molecular flexibility index (Phi) is 6.38. The summed E-state index contributed by atoms with van der Waals surface area (Å²) < 4.78 is 11.0. The van der Waals surface area contributed by atoms with E-state index < -0.39 is 52.3 Å². The number of Topliss-reactive ketones (excluding diaryl/α,β-unsaturated/α-hetero) is 1. The average molecular weight is 421 g/mol. The third-order valence-corrected chi connectivity index (χ3v) is 4.87. The van der Waals surface area contributed by atoms with Gasteiger partial charge in [-0.05, 0) is 66.2 Å². The fraction of sp³-hybridized carbons (Fsp3) is 0.609. The topological polar surface area (TPSA) is 110 Å². The molecule has 166 valence electrons. The molecule has 0 heterocycles. The molecule has 1 aromatic carbocycles. The summed E-state index contributed by atoms with van der Waals surface area (Å²) in [5.41, 5.74) is -2.93. The number of ketones is 1. The van der Waals surface area contributed by atoms with E-state index in [9.17, 15) is 24.6 Å². The second-order valence-electron chi connectivity index (χ2n) is 10.1. The molecule has 1 aliphatic rings. The van der Waals surface area contributed by atoms with Gasteiger partial charge in [0.1, 0.15) is 22.9 Å². The maximum absolute atomic E-state index is 13.1. The van der Waals surface area contributed by atoms with Crippen LogP contribution in [0.2, 0.25) is 0 Å². The van der Waals surface area contributed by atoms with Crippen LogP contribution in [0.25, 0.3) is 0 Å². The number of benzene rings is 1. The Balaban J connectivity index is 2.62. The van der Waals surface area contributed by atoms with Crippen molar-refractivity contribution in [1.82, 2.24) is 0 Å². The van der Waals surface area contributed by atoms with E-state index >= 15 is 0 Å². The van der Waals surface area contributed by atoms with Gasteiger partial charge in [0.05, 0.1) is 11.5 Å². The zero-order valence-electron chi connectivity index (χ0n) is 18.7. The molecule has 1 saturated carbocycles. The summed E-state index contributed by atoms with van der Waals surface area (Å²) in [5, 5.41) is 20.7. The lowest BCUT2D eigenvalue weighted by atomic mass is 9.61. The van der Waals surface area contributed by atoms with E-state index in [4.69, 9.17) is 9.47 Å². The molecule has 1 fully saturated rings. The van der Waals surface area contributed by atoms with Crippen LogP contribution in [0.1, 0.15) is 66.4 Å². The van der Waals surface area contributed by atoms with Gasteiger partial charge in [0.15, 0.2) is 5.78 Å². The number of phenolic OH excluding ortho intramolecular Hbond substituents is 1. The van der Waals surface area contributed by atoms with Crippen LogP contribution in [0, 0.1) is 11.8 Å². The molecule has 30 heavy (non-hydrogen) atoms.